The second-order valence-corrected chi connectivity index (χ2v) is 14.6. The Kier molecular flexibility index (Phi) is 9.43. The molecule has 5 heterocycles. The molecule has 1 aliphatic heterocycles. The molecule has 8 rings (SSSR count). The zero-order valence-electron chi connectivity index (χ0n) is 30.7. The van der Waals surface area contributed by atoms with E-state index >= 15 is 0 Å². The van der Waals surface area contributed by atoms with Crippen molar-refractivity contribution >= 4 is 46.2 Å². The highest BCUT2D eigenvalue weighted by Gasteiger charge is 2.36. The third kappa shape index (κ3) is 6.71. The first-order chi connectivity index (χ1) is 27.2. The SMILES string of the molecule is CCc1c(N2CCN(C(=O)c3nc4ccnn4c(C)c3O)CC2)c(=O)n2nc(-c3ccc(C4(O)CCC4)cc3)nc2n1CC(=O)Nc1ccc(C(F)(F)F)cc1Cl. The minimum atomic E-state index is -4.63. The minimum Gasteiger partial charge on any atom is -0.504 e. The molecule has 15 nitrogen and oxygen atoms in total. The highest BCUT2D eigenvalue weighted by atomic mass is 35.5. The number of aliphatic hydroxyl groups is 1. The van der Waals surface area contributed by atoms with Crippen LogP contribution in [0, 0.1) is 6.92 Å². The van der Waals surface area contributed by atoms with Crippen LogP contribution in [-0.4, -0.2) is 86.9 Å². The van der Waals surface area contributed by atoms with Crippen LogP contribution in [0.25, 0.3) is 22.8 Å². The maximum Gasteiger partial charge on any atom is 0.416 e. The van der Waals surface area contributed by atoms with Crippen LogP contribution in [-0.2, 0) is 29.5 Å². The van der Waals surface area contributed by atoms with E-state index < -0.39 is 41.3 Å². The third-order valence-corrected chi connectivity index (χ3v) is 11.0. The molecular formula is C38H36ClF3N10O5. The van der Waals surface area contributed by atoms with E-state index in [0.29, 0.717) is 35.4 Å². The largest absolute Gasteiger partial charge is 0.504 e. The number of benzene rings is 2. The zero-order chi connectivity index (χ0) is 40.4. The van der Waals surface area contributed by atoms with E-state index in [1.807, 2.05) is 0 Å². The van der Waals surface area contributed by atoms with Gasteiger partial charge in [-0.1, -0.05) is 42.8 Å². The van der Waals surface area contributed by atoms with Gasteiger partial charge >= 0.3 is 6.18 Å². The van der Waals surface area contributed by atoms with Crippen molar-refractivity contribution in [1.82, 2.24) is 38.7 Å². The van der Waals surface area contributed by atoms with Gasteiger partial charge < -0.3 is 29.9 Å². The number of carbonyl (C=O) groups is 2. The summed E-state index contributed by atoms with van der Waals surface area (Å²) in [4.78, 5) is 54.1. The van der Waals surface area contributed by atoms with Crippen molar-refractivity contribution in [2.45, 2.75) is 57.9 Å². The van der Waals surface area contributed by atoms with E-state index in [1.54, 1.807) is 49.1 Å². The fourth-order valence-electron chi connectivity index (χ4n) is 7.42. The molecule has 4 aromatic heterocycles. The van der Waals surface area contributed by atoms with Crippen LogP contribution in [0.3, 0.4) is 0 Å². The molecule has 0 atom stereocenters. The van der Waals surface area contributed by atoms with Gasteiger partial charge in [0.05, 0.1) is 39.5 Å². The topological polar surface area (TPSA) is 175 Å². The number of halogens is 4. The molecule has 1 saturated heterocycles. The summed E-state index contributed by atoms with van der Waals surface area (Å²) in [5.41, 5.74) is 0.223. The standard InChI is InChI=1S/C38H36ClF3N10O5/c1-3-27-31(48-15-17-49(18-16-48)34(55)30-32(54)21(2)51-28(45-30)11-14-43-51)35(56)52-36(46-33(47-52)22-5-7-23(8-6-22)37(57)12-4-13-37)50(27)20-29(53)44-26-10-9-24(19-25(26)39)38(40,41)42/h5-11,14,19,54,57H,3-4,12-13,15-18,20H2,1-2H3,(H,44,53). The molecule has 0 spiro atoms. The van der Waals surface area contributed by atoms with Gasteiger partial charge in [-0.3, -0.25) is 14.4 Å². The van der Waals surface area contributed by atoms with E-state index in [-0.39, 0.29) is 72.0 Å². The van der Waals surface area contributed by atoms with Gasteiger partial charge in [0, 0.05) is 37.8 Å². The van der Waals surface area contributed by atoms with Crippen LogP contribution < -0.4 is 15.8 Å². The lowest BCUT2D eigenvalue weighted by Gasteiger charge is -2.37. The number of rotatable bonds is 8. The quantitative estimate of drug-likeness (QED) is 0.194. The Morgan fingerprint density at radius 1 is 1.00 bits per heavy atom. The summed E-state index contributed by atoms with van der Waals surface area (Å²) in [6.45, 7) is 3.75. The van der Waals surface area contributed by atoms with Gasteiger partial charge in [-0.05, 0) is 56.4 Å². The van der Waals surface area contributed by atoms with Crippen molar-refractivity contribution in [1.29, 1.82) is 0 Å². The number of nitrogens with one attached hydrogen (secondary N) is 1. The van der Waals surface area contributed by atoms with Gasteiger partial charge in [-0.25, -0.2) is 9.50 Å². The molecule has 1 aliphatic carbocycles. The molecule has 3 N–H and O–H groups in total. The van der Waals surface area contributed by atoms with Gasteiger partial charge in [0.15, 0.2) is 22.9 Å². The molecular weight excluding hydrogens is 769 g/mol. The van der Waals surface area contributed by atoms with E-state index in [1.165, 1.54) is 20.2 Å². The number of hydrogen-bond donors (Lipinski definition) is 3. The number of aryl methyl sites for hydroxylation is 1. The second-order valence-electron chi connectivity index (χ2n) is 14.2. The Morgan fingerprint density at radius 3 is 2.35 bits per heavy atom. The first kappa shape index (κ1) is 37.9. The minimum absolute atomic E-state index is 0.0377. The average molecular weight is 805 g/mol. The second kappa shape index (κ2) is 14.2. The number of amides is 2. The first-order valence-electron chi connectivity index (χ1n) is 18.3. The highest BCUT2D eigenvalue weighted by molar-refractivity contribution is 6.33. The van der Waals surface area contributed by atoms with E-state index in [2.05, 4.69) is 20.5 Å². The lowest BCUT2D eigenvalue weighted by molar-refractivity contribution is -0.137. The zero-order valence-corrected chi connectivity index (χ0v) is 31.5. The third-order valence-electron chi connectivity index (χ3n) is 10.7. The predicted molar refractivity (Wildman–Crippen MR) is 202 cm³/mol. The molecule has 0 bridgehead atoms. The maximum atomic E-state index is 14.4. The summed E-state index contributed by atoms with van der Waals surface area (Å²) in [6.07, 6.45) is -0.625. The normalized spacial score (nSPS) is 15.6. The van der Waals surface area contributed by atoms with E-state index in [0.717, 1.165) is 34.7 Å². The number of fused-ring (bicyclic) bond motifs is 2. The summed E-state index contributed by atoms with van der Waals surface area (Å²) in [6, 6.07) is 11.3. The lowest BCUT2D eigenvalue weighted by Crippen LogP contribution is -2.51. The number of hydrogen-bond acceptors (Lipinski definition) is 10. The molecule has 2 fully saturated rings. The average Bonchev–Trinajstić information content (AvgIpc) is 3.85. The van der Waals surface area contributed by atoms with E-state index in [9.17, 15) is 37.8 Å². The van der Waals surface area contributed by atoms with Gasteiger partial charge in [-0.15, -0.1) is 5.10 Å². The number of aromatic hydroxyl groups is 1. The molecule has 2 aromatic carbocycles. The molecule has 296 valence electrons. The molecule has 2 amide bonds. The number of anilines is 2. The number of aromatic nitrogens is 7. The fraction of sp³-hybridized carbons (Fsp3) is 0.342. The number of nitrogens with zero attached hydrogens (tertiary/aromatic N) is 9. The Bertz CT molecular complexity index is 2630. The molecule has 19 heteroatoms. The van der Waals surface area contributed by atoms with Crippen molar-refractivity contribution < 1.29 is 33.0 Å². The number of piperazine rings is 1. The highest BCUT2D eigenvalue weighted by Crippen LogP contribution is 2.41. The monoisotopic (exact) mass is 804 g/mol. The fourth-order valence-corrected chi connectivity index (χ4v) is 7.65. The Labute approximate surface area is 326 Å². The molecule has 2 aliphatic rings. The van der Waals surface area contributed by atoms with Crippen LogP contribution >= 0.6 is 11.6 Å². The van der Waals surface area contributed by atoms with Crippen LogP contribution in [0.4, 0.5) is 24.5 Å². The summed E-state index contributed by atoms with van der Waals surface area (Å²) >= 11 is 6.16. The predicted octanol–water partition coefficient (Wildman–Crippen LogP) is 4.82. The Balaban J connectivity index is 1.14. The molecule has 57 heavy (non-hydrogen) atoms. The summed E-state index contributed by atoms with van der Waals surface area (Å²) < 4.78 is 43.9. The Hall–Kier alpha value is -6.01. The lowest BCUT2D eigenvalue weighted by atomic mass is 9.75. The van der Waals surface area contributed by atoms with Gasteiger partial charge in [0.25, 0.3) is 11.5 Å². The van der Waals surface area contributed by atoms with Crippen LogP contribution in [0.15, 0.2) is 59.5 Å². The van der Waals surface area contributed by atoms with Crippen LogP contribution in [0.5, 0.6) is 5.75 Å². The van der Waals surface area contributed by atoms with Gasteiger partial charge in [0.2, 0.25) is 11.7 Å². The van der Waals surface area contributed by atoms with Crippen LogP contribution in [0.1, 0.15) is 59.2 Å². The van der Waals surface area contributed by atoms with Gasteiger partial charge in [0.1, 0.15) is 12.2 Å². The molecule has 0 radical (unpaired) electrons. The van der Waals surface area contributed by atoms with Crippen molar-refractivity contribution in [3.63, 3.8) is 0 Å². The van der Waals surface area contributed by atoms with Crippen molar-refractivity contribution in [2.75, 3.05) is 36.4 Å². The maximum absolute atomic E-state index is 14.4. The van der Waals surface area contributed by atoms with E-state index in [4.69, 9.17) is 16.6 Å². The smallest absolute Gasteiger partial charge is 0.416 e. The molecule has 1 saturated carbocycles. The summed E-state index contributed by atoms with van der Waals surface area (Å²) in [7, 11) is 0. The first-order valence-corrected chi connectivity index (χ1v) is 18.6. The van der Waals surface area contributed by atoms with Crippen LogP contribution in [0.2, 0.25) is 5.02 Å². The van der Waals surface area contributed by atoms with Crippen molar-refractivity contribution in [3.8, 4) is 17.1 Å². The molecule has 0 unspecified atom stereocenters. The summed E-state index contributed by atoms with van der Waals surface area (Å²) in [5.74, 6) is -1.19. The summed E-state index contributed by atoms with van der Waals surface area (Å²) in [5, 5.41) is 32.6. The van der Waals surface area contributed by atoms with Gasteiger partial charge in [-0.2, -0.15) is 27.8 Å². The van der Waals surface area contributed by atoms with Crippen molar-refractivity contribution in [2.24, 2.45) is 0 Å². The number of carbonyl (C=O) groups excluding carboxylic acids is 2. The van der Waals surface area contributed by atoms with Crippen molar-refractivity contribution in [3.05, 3.63) is 98.3 Å². The number of alkyl halides is 3. The Morgan fingerprint density at radius 2 is 1.72 bits per heavy atom. The molecule has 6 aromatic rings.